The van der Waals surface area contributed by atoms with Gasteiger partial charge in [0, 0.05) is 10.6 Å². The van der Waals surface area contributed by atoms with Crippen molar-refractivity contribution in [2.24, 2.45) is 0 Å². The zero-order valence-electron chi connectivity index (χ0n) is 6.70. The summed E-state index contributed by atoms with van der Waals surface area (Å²) in [6.45, 7) is 1.95. The van der Waals surface area contributed by atoms with Crippen LogP contribution >= 0.6 is 23.2 Å². The van der Waals surface area contributed by atoms with E-state index < -0.39 is 0 Å². The van der Waals surface area contributed by atoms with Crippen LogP contribution in [0.2, 0.25) is 5.02 Å². The van der Waals surface area contributed by atoms with Gasteiger partial charge in [-0.1, -0.05) is 29.5 Å². The van der Waals surface area contributed by atoms with E-state index in [1.807, 2.05) is 25.1 Å². The quantitative estimate of drug-likeness (QED) is 0.444. The fraction of sp³-hybridized carbons (Fsp3) is 0.200. The van der Waals surface area contributed by atoms with Gasteiger partial charge >= 0.3 is 0 Å². The number of benzene rings is 1. The normalized spacial score (nSPS) is 8.92. The second kappa shape index (κ2) is 4.40. The lowest BCUT2D eigenvalue weighted by Crippen LogP contribution is -1.82. The topological polar surface area (TPSA) is 0 Å². The molecule has 0 saturated heterocycles. The lowest BCUT2D eigenvalue weighted by molar-refractivity contribution is 1.43. The molecule has 0 N–H and O–H groups in total. The Morgan fingerprint density at radius 2 is 2.17 bits per heavy atom. The first-order chi connectivity index (χ1) is 5.75. The van der Waals surface area contributed by atoms with Crippen LogP contribution in [0.4, 0.5) is 0 Å². The smallest absolute Gasteiger partial charge is 0.0839 e. The SMILES string of the molecule is Cc1c(Cl)cccc1C#CCCl. The zero-order chi connectivity index (χ0) is 8.97. The third-order valence-corrected chi connectivity index (χ3v) is 2.10. The molecule has 12 heavy (non-hydrogen) atoms. The molecule has 0 amide bonds. The Hall–Kier alpha value is -0.640. The maximum absolute atomic E-state index is 5.89. The Morgan fingerprint density at radius 1 is 1.42 bits per heavy atom. The summed E-state index contributed by atoms with van der Waals surface area (Å²) in [6.07, 6.45) is 0. The highest BCUT2D eigenvalue weighted by Crippen LogP contribution is 2.17. The van der Waals surface area contributed by atoms with Gasteiger partial charge in [0.15, 0.2) is 0 Å². The molecule has 62 valence electrons. The molecule has 0 saturated carbocycles. The molecule has 0 nitrogen and oxygen atoms in total. The predicted molar refractivity (Wildman–Crippen MR) is 53.8 cm³/mol. The van der Waals surface area contributed by atoms with Gasteiger partial charge in [0.2, 0.25) is 0 Å². The van der Waals surface area contributed by atoms with Crippen LogP contribution in [0, 0.1) is 18.8 Å². The maximum atomic E-state index is 5.89. The number of rotatable bonds is 0. The third-order valence-electron chi connectivity index (χ3n) is 1.56. The molecule has 0 fully saturated rings. The van der Waals surface area contributed by atoms with Crippen molar-refractivity contribution in [3.63, 3.8) is 0 Å². The highest BCUT2D eigenvalue weighted by atomic mass is 35.5. The average molecular weight is 199 g/mol. The summed E-state index contributed by atoms with van der Waals surface area (Å²) < 4.78 is 0. The van der Waals surface area contributed by atoms with E-state index in [4.69, 9.17) is 23.2 Å². The molecule has 0 unspecified atom stereocenters. The molecule has 0 spiro atoms. The van der Waals surface area contributed by atoms with Crippen molar-refractivity contribution in [1.82, 2.24) is 0 Å². The molecule has 0 atom stereocenters. The lowest BCUT2D eigenvalue weighted by Gasteiger charge is -1.98. The Morgan fingerprint density at radius 3 is 2.83 bits per heavy atom. The fourth-order valence-corrected chi connectivity index (χ4v) is 1.11. The number of hydrogen-bond acceptors (Lipinski definition) is 0. The van der Waals surface area contributed by atoms with Gasteiger partial charge in [0.05, 0.1) is 5.88 Å². The van der Waals surface area contributed by atoms with Crippen molar-refractivity contribution < 1.29 is 0 Å². The Labute approximate surface area is 82.5 Å². The van der Waals surface area contributed by atoms with Gasteiger partial charge in [-0.3, -0.25) is 0 Å². The van der Waals surface area contributed by atoms with E-state index in [1.165, 1.54) is 0 Å². The minimum absolute atomic E-state index is 0.353. The minimum atomic E-state index is 0.353. The second-order valence-corrected chi connectivity index (χ2v) is 3.02. The molecule has 2 heteroatoms. The summed E-state index contributed by atoms with van der Waals surface area (Å²) in [7, 11) is 0. The van der Waals surface area contributed by atoms with Crippen molar-refractivity contribution in [1.29, 1.82) is 0 Å². The molecule has 0 bridgehead atoms. The van der Waals surface area contributed by atoms with Gasteiger partial charge < -0.3 is 0 Å². The molecule has 0 aliphatic heterocycles. The van der Waals surface area contributed by atoms with Gasteiger partial charge in [-0.05, 0) is 24.6 Å². The van der Waals surface area contributed by atoms with Crippen molar-refractivity contribution in [2.75, 3.05) is 5.88 Å². The summed E-state index contributed by atoms with van der Waals surface area (Å²) >= 11 is 11.3. The van der Waals surface area contributed by atoms with E-state index in [0.717, 1.165) is 16.1 Å². The summed E-state index contributed by atoms with van der Waals surface area (Å²) in [5.74, 6) is 6.08. The summed E-state index contributed by atoms with van der Waals surface area (Å²) in [4.78, 5) is 0. The molecule has 0 radical (unpaired) electrons. The molecule has 0 aromatic heterocycles. The molecule has 1 rings (SSSR count). The number of alkyl halides is 1. The van der Waals surface area contributed by atoms with Crippen LogP contribution in [0.5, 0.6) is 0 Å². The Bertz CT molecular complexity index is 331. The van der Waals surface area contributed by atoms with Gasteiger partial charge in [0.25, 0.3) is 0 Å². The van der Waals surface area contributed by atoms with Crippen molar-refractivity contribution in [3.05, 3.63) is 34.3 Å². The molecule has 1 aromatic carbocycles. The Kier molecular flexibility index (Phi) is 3.47. The molecular weight excluding hydrogens is 191 g/mol. The maximum Gasteiger partial charge on any atom is 0.0839 e. The van der Waals surface area contributed by atoms with Crippen molar-refractivity contribution in [2.45, 2.75) is 6.92 Å². The third kappa shape index (κ3) is 2.17. The van der Waals surface area contributed by atoms with Crippen LogP contribution in [0.25, 0.3) is 0 Å². The highest BCUT2D eigenvalue weighted by molar-refractivity contribution is 6.31. The average Bonchev–Trinajstić information content (AvgIpc) is 2.08. The highest BCUT2D eigenvalue weighted by Gasteiger charge is 1.97. The van der Waals surface area contributed by atoms with E-state index in [-0.39, 0.29) is 0 Å². The number of halogens is 2. The van der Waals surface area contributed by atoms with E-state index in [0.29, 0.717) is 5.88 Å². The molecule has 1 aromatic rings. The van der Waals surface area contributed by atoms with Crippen LogP contribution in [0.1, 0.15) is 11.1 Å². The van der Waals surface area contributed by atoms with Gasteiger partial charge in [-0.25, -0.2) is 0 Å². The summed E-state index contributed by atoms with van der Waals surface area (Å²) in [6, 6.07) is 5.66. The van der Waals surface area contributed by atoms with Crippen molar-refractivity contribution in [3.8, 4) is 11.8 Å². The summed E-state index contributed by atoms with van der Waals surface area (Å²) in [5, 5.41) is 0.747. The standard InChI is InChI=1S/C10H8Cl2/c1-8-9(5-3-7-11)4-2-6-10(8)12/h2,4,6H,7H2,1H3. The second-order valence-electron chi connectivity index (χ2n) is 2.35. The van der Waals surface area contributed by atoms with E-state index in [2.05, 4.69) is 11.8 Å². The van der Waals surface area contributed by atoms with Crippen LogP contribution in [-0.4, -0.2) is 5.88 Å². The first-order valence-electron chi connectivity index (χ1n) is 3.55. The van der Waals surface area contributed by atoms with Gasteiger partial charge in [0.1, 0.15) is 0 Å². The zero-order valence-corrected chi connectivity index (χ0v) is 8.21. The van der Waals surface area contributed by atoms with Crippen LogP contribution in [-0.2, 0) is 0 Å². The van der Waals surface area contributed by atoms with Crippen LogP contribution in [0.15, 0.2) is 18.2 Å². The number of hydrogen-bond donors (Lipinski definition) is 0. The monoisotopic (exact) mass is 198 g/mol. The first-order valence-corrected chi connectivity index (χ1v) is 4.47. The molecule has 0 heterocycles. The fourth-order valence-electron chi connectivity index (χ4n) is 0.872. The first kappa shape index (κ1) is 9.45. The largest absolute Gasteiger partial charge is 0.113 e. The Balaban J connectivity index is 3.08. The van der Waals surface area contributed by atoms with E-state index in [1.54, 1.807) is 0 Å². The van der Waals surface area contributed by atoms with E-state index in [9.17, 15) is 0 Å². The summed E-state index contributed by atoms with van der Waals surface area (Å²) in [5.41, 5.74) is 1.96. The van der Waals surface area contributed by atoms with Crippen LogP contribution < -0.4 is 0 Å². The van der Waals surface area contributed by atoms with E-state index >= 15 is 0 Å². The minimum Gasteiger partial charge on any atom is -0.113 e. The van der Waals surface area contributed by atoms with Crippen LogP contribution in [0.3, 0.4) is 0 Å². The van der Waals surface area contributed by atoms with Gasteiger partial charge in [-0.2, -0.15) is 0 Å². The molecule has 0 aliphatic carbocycles. The molecule has 0 aliphatic rings. The van der Waals surface area contributed by atoms with Gasteiger partial charge in [-0.15, -0.1) is 11.6 Å². The molecular formula is C10H8Cl2. The lowest BCUT2D eigenvalue weighted by atomic mass is 10.1. The predicted octanol–water partition coefficient (Wildman–Crippen LogP) is 3.24. The van der Waals surface area contributed by atoms with Crippen molar-refractivity contribution >= 4 is 23.2 Å².